The summed E-state index contributed by atoms with van der Waals surface area (Å²) >= 11 is 13.5. The molecule has 0 bridgehead atoms. The standard InChI is InChI=1S/C31H26Cl2N2O4S/c1-4-38-30(37)27-19(3)34-31-35(28(27)21-9-5-18(2)6-10-21)29(36)26(40-31)15-20-7-13-24(14-8-20)39-17-22-11-12-23(32)16-25(22)33/h5-16,28H,4,17H2,1-3H3. The minimum absolute atomic E-state index is 0.221. The van der Waals surface area contributed by atoms with Crippen LogP contribution in [0.5, 0.6) is 5.75 Å². The number of thiazole rings is 1. The van der Waals surface area contributed by atoms with E-state index in [1.54, 1.807) is 30.5 Å². The lowest BCUT2D eigenvalue weighted by atomic mass is 9.95. The number of hydrogen-bond donors (Lipinski definition) is 0. The number of halogens is 2. The number of benzene rings is 3. The van der Waals surface area contributed by atoms with Gasteiger partial charge in [-0.25, -0.2) is 9.79 Å². The molecule has 1 aliphatic rings. The van der Waals surface area contributed by atoms with Crippen molar-refractivity contribution in [3.63, 3.8) is 0 Å². The van der Waals surface area contributed by atoms with E-state index in [4.69, 9.17) is 32.7 Å². The molecule has 1 aliphatic heterocycles. The molecule has 5 rings (SSSR count). The van der Waals surface area contributed by atoms with Gasteiger partial charge in [-0.2, -0.15) is 0 Å². The maximum atomic E-state index is 13.7. The zero-order chi connectivity index (χ0) is 28.4. The average molecular weight is 594 g/mol. The molecule has 1 unspecified atom stereocenters. The highest BCUT2D eigenvalue weighted by molar-refractivity contribution is 7.07. The largest absolute Gasteiger partial charge is 0.489 e. The van der Waals surface area contributed by atoms with Crippen molar-refractivity contribution >= 4 is 46.6 Å². The summed E-state index contributed by atoms with van der Waals surface area (Å²) < 4.78 is 13.3. The highest BCUT2D eigenvalue weighted by Gasteiger charge is 2.33. The van der Waals surface area contributed by atoms with Crippen LogP contribution in [-0.4, -0.2) is 17.1 Å². The van der Waals surface area contributed by atoms with Gasteiger partial charge in [-0.3, -0.25) is 9.36 Å². The van der Waals surface area contributed by atoms with Crippen LogP contribution < -0.4 is 19.6 Å². The van der Waals surface area contributed by atoms with Crippen LogP contribution in [0.15, 0.2) is 87.8 Å². The summed E-state index contributed by atoms with van der Waals surface area (Å²) in [6.07, 6.45) is 1.82. The van der Waals surface area contributed by atoms with E-state index in [-0.39, 0.29) is 12.2 Å². The van der Waals surface area contributed by atoms with Crippen molar-refractivity contribution in [2.45, 2.75) is 33.4 Å². The third-order valence-electron chi connectivity index (χ3n) is 6.50. The van der Waals surface area contributed by atoms with E-state index >= 15 is 0 Å². The second-order valence-electron chi connectivity index (χ2n) is 9.31. The first-order chi connectivity index (χ1) is 19.2. The molecule has 204 valence electrons. The summed E-state index contributed by atoms with van der Waals surface area (Å²) in [5.74, 6) is 0.192. The molecule has 1 atom stereocenters. The van der Waals surface area contributed by atoms with Crippen molar-refractivity contribution < 1.29 is 14.3 Å². The quantitative estimate of drug-likeness (QED) is 0.247. The van der Waals surface area contributed by atoms with E-state index in [1.807, 2.05) is 67.6 Å². The van der Waals surface area contributed by atoms with Crippen molar-refractivity contribution in [3.8, 4) is 5.75 Å². The number of esters is 1. The smallest absolute Gasteiger partial charge is 0.338 e. The Morgan fingerprint density at radius 1 is 1.05 bits per heavy atom. The van der Waals surface area contributed by atoms with E-state index < -0.39 is 12.0 Å². The Bertz CT molecular complexity index is 1790. The molecule has 0 saturated heterocycles. The van der Waals surface area contributed by atoms with E-state index in [0.29, 0.717) is 43.0 Å². The Morgan fingerprint density at radius 3 is 2.45 bits per heavy atom. The molecule has 0 saturated carbocycles. The van der Waals surface area contributed by atoms with E-state index in [9.17, 15) is 9.59 Å². The Hall–Kier alpha value is -3.65. The van der Waals surface area contributed by atoms with Crippen LogP contribution in [0.2, 0.25) is 10.0 Å². The molecule has 0 amide bonds. The van der Waals surface area contributed by atoms with Crippen LogP contribution in [0.4, 0.5) is 0 Å². The molecule has 0 radical (unpaired) electrons. The minimum atomic E-state index is -0.631. The van der Waals surface area contributed by atoms with Gasteiger partial charge in [0.1, 0.15) is 12.4 Å². The van der Waals surface area contributed by atoms with Crippen molar-refractivity contribution in [3.05, 3.63) is 130 Å². The van der Waals surface area contributed by atoms with Gasteiger partial charge in [-0.15, -0.1) is 0 Å². The minimum Gasteiger partial charge on any atom is -0.489 e. The van der Waals surface area contributed by atoms with Gasteiger partial charge in [0.2, 0.25) is 0 Å². The molecule has 3 aromatic carbocycles. The van der Waals surface area contributed by atoms with E-state index in [1.165, 1.54) is 11.3 Å². The SMILES string of the molecule is CCOC(=O)C1=C(C)N=c2sc(=Cc3ccc(OCc4ccc(Cl)cc4Cl)cc3)c(=O)n2C1c1ccc(C)cc1. The van der Waals surface area contributed by atoms with Gasteiger partial charge < -0.3 is 9.47 Å². The second kappa shape index (κ2) is 11.8. The normalized spacial score (nSPS) is 15.0. The van der Waals surface area contributed by atoms with Crippen molar-refractivity contribution in [1.29, 1.82) is 0 Å². The number of carbonyl (C=O) groups excluding carboxylic acids is 1. The first kappa shape index (κ1) is 27.9. The first-order valence-electron chi connectivity index (χ1n) is 12.7. The molecule has 2 heterocycles. The summed E-state index contributed by atoms with van der Waals surface area (Å²) in [6.45, 7) is 6.06. The Balaban J connectivity index is 1.48. The summed E-state index contributed by atoms with van der Waals surface area (Å²) in [5.41, 5.74) is 4.25. The first-order valence-corrected chi connectivity index (χ1v) is 14.3. The number of carbonyl (C=O) groups is 1. The number of aryl methyl sites for hydroxylation is 1. The molecule has 9 heteroatoms. The number of allylic oxidation sites excluding steroid dienone is 1. The summed E-state index contributed by atoms with van der Waals surface area (Å²) in [4.78, 5) is 31.9. The van der Waals surface area contributed by atoms with Gasteiger partial charge in [-0.05, 0) is 62.2 Å². The van der Waals surface area contributed by atoms with E-state index in [2.05, 4.69) is 4.99 Å². The summed E-state index contributed by atoms with van der Waals surface area (Å²) in [7, 11) is 0. The maximum Gasteiger partial charge on any atom is 0.338 e. The molecule has 0 N–H and O–H groups in total. The van der Waals surface area contributed by atoms with Crippen molar-refractivity contribution in [2.24, 2.45) is 4.99 Å². The fourth-order valence-corrected chi connectivity index (χ4v) is 5.98. The van der Waals surface area contributed by atoms with Crippen LogP contribution in [0.3, 0.4) is 0 Å². The molecule has 0 spiro atoms. The zero-order valence-electron chi connectivity index (χ0n) is 22.1. The lowest BCUT2D eigenvalue weighted by Gasteiger charge is -2.24. The fourth-order valence-electron chi connectivity index (χ4n) is 4.47. The summed E-state index contributed by atoms with van der Waals surface area (Å²) in [6, 6.07) is 19.9. The predicted molar refractivity (Wildman–Crippen MR) is 159 cm³/mol. The Kier molecular flexibility index (Phi) is 8.26. The molecule has 0 fully saturated rings. The molecule has 40 heavy (non-hydrogen) atoms. The van der Waals surface area contributed by atoms with Gasteiger partial charge in [0.15, 0.2) is 4.80 Å². The molecule has 6 nitrogen and oxygen atoms in total. The highest BCUT2D eigenvalue weighted by Crippen LogP contribution is 2.31. The molecular formula is C31H26Cl2N2O4S. The number of aromatic nitrogens is 1. The van der Waals surface area contributed by atoms with Crippen LogP contribution >= 0.6 is 34.5 Å². The number of ether oxygens (including phenoxy) is 2. The molecular weight excluding hydrogens is 567 g/mol. The van der Waals surface area contributed by atoms with Gasteiger partial charge in [0.05, 0.1) is 28.5 Å². The highest BCUT2D eigenvalue weighted by atomic mass is 35.5. The van der Waals surface area contributed by atoms with E-state index in [0.717, 1.165) is 22.3 Å². The summed E-state index contributed by atoms with van der Waals surface area (Å²) in [5, 5.41) is 1.12. The van der Waals surface area contributed by atoms with Crippen molar-refractivity contribution in [2.75, 3.05) is 6.61 Å². The zero-order valence-corrected chi connectivity index (χ0v) is 24.4. The van der Waals surface area contributed by atoms with Crippen LogP contribution in [0, 0.1) is 6.92 Å². The number of rotatable bonds is 7. The average Bonchev–Trinajstić information content (AvgIpc) is 3.23. The lowest BCUT2D eigenvalue weighted by molar-refractivity contribution is -0.139. The monoisotopic (exact) mass is 592 g/mol. The van der Waals surface area contributed by atoms with Crippen LogP contribution in [0.25, 0.3) is 6.08 Å². The van der Waals surface area contributed by atoms with Crippen LogP contribution in [-0.2, 0) is 16.1 Å². The number of nitrogens with zero attached hydrogens (tertiary/aromatic N) is 2. The fraction of sp³-hybridized carbons (Fsp3) is 0.194. The van der Waals surface area contributed by atoms with Gasteiger partial charge in [0.25, 0.3) is 5.56 Å². The molecule has 0 aliphatic carbocycles. The maximum absolute atomic E-state index is 13.7. The lowest BCUT2D eigenvalue weighted by Crippen LogP contribution is -2.39. The van der Waals surface area contributed by atoms with Crippen LogP contribution in [0.1, 0.15) is 42.1 Å². The van der Waals surface area contributed by atoms with Gasteiger partial charge in [0, 0.05) is 15.6 Å². The molecule has 4 aromatic rings. The third kappa shape index (κ3) is 5.77. The topological polar surface area (TPSA) is 69.9 Å². The second-order valence-corrected chi connectivity index (χ2v) is 11.2. The van der Waals surface area contributed by atoms with Gasteiger partial charge >= 0.3 is 5.97 Å². The Morgan fingerprint density at radius 2 is 1.77 bits per heavy atom. The Labute approximate surface area is 245 Å². The molecule has 1 aromatic heterocycles. The van der Waals surface area contributed by atoms with Crippen molar-refractivity contribution in [1.82, 2.24) is 4.57 Å². The number of hydrogen-bond acceptors (Lipinski definition) is 6. The van der Waals surface area contributed by atoms with Gasteiger partial charge in [-0.1, -0.05) is 82.6 Å². The predicted octanol–water partition coefficient (Wildman–Crippen LogP) is 5.99. The third-order valence-corrected chi connectivity index (χ3v) is 8.07. The number of fused-ring (bicyclic) bond motifs is 1.